The van der Waals surface area contributed by atoms with Crippen molar-refractivity contribution < 1.29 is 8.91 Å². The van der Waals surface area contributed by atoms with Gasteiger partial charge in [0.1, 0.15) is 5.82 Å². The van der Waals surface area contributed by atoms with E-state index in [1.165, 1.54) is 12.1 Å². The van der Waals surface area contributed by atoms with Gasteiger partial charge in [0.05, 0.1) is 11.6 Å². The van der Waals surface area contributed by atoms with Crippen LogP contribution in [0.5, 0.6) is 0 Å². The molecule has 1 unspecified atom stereocenters. The maximum absolute atomic E-state index is 13.3. The summed E-state index contributed by atoms with van der Waals surface area (Å²) < 4.78 is 19.0. The van der Waals surface area contributed by atoms with Gasteiger partial charge in [-0.3, -0.25) is 0 Å². The minimum absolute atomic E-state index is 0.260. The first-order chi connectivity index (χ1) is 15.0. The van der Waals surface area contributed by atoms with Crippen LogP contribution in [0.3, 0.4) is 0 Å². The van der Waals surface area contributed by atoms with E-state index in [9.17, 15) is 4.39 Å². The zero-order valence-electron chi connectivity index (χ0n) is 17.2. The van der Waals surface area contributed by atoms with Crippen molar-refractivity contribution in [2.75, 3.05) is 6.54 Å². The fourth-order valence-corrected chi connectivity index (χ4v) is 4.07. The molecule has 0 aliphatic carbocycles. The van der Waals surface area contributed by atoms with Crippen LogP contribution in [0, 0.1) is 5.82 Å². The second-order valence-corrected chi connectivity index (χ2v) is 8.19. The quantitative estimate of drug-likeness (QED) is 0.459. The summed E-state index contributed by atoms with van der Waals surface area (Å²) >= 11 is 11.8. The van der Waals surface area contributed by atoms with Crippen LogP contribution >= 0.6 is 23.8 Å². The molecule has 31 heavy (non-hydrogen) atoms. The average Bonchev–Trinajstić information content (AvgIpc) is 3.24. The van der Waals surface area contributed by atoms with Gasteiger partial charge in [-0.05, 0) is 67.5 Å². The van der Waals surface area contributed by atoms with Crippen molar-refractivity contribution in [3.63, 3.8) is 0 Å². The molecule has 0 spiro atoms. The topological polar surface area (TPSA) is 54.2 Å². The zero-order valence-corrected chi connectivity index (χ0v) is 18.8. The number of allylic oxidation sites excluding steroid dienone is 1. The third-order valence-corrected chi connectivity index (χ3v) is 5.88. The lowest BCUT2D eigenvalue weighted by Gasteiger charge is -2.37. The second-order valence-electron chi connectivity index (χ2n) is 7.37. The van der Waals surface area contributed by atoms with E-state index >= 15 is 0 Å². The lowest BCUT2D eigenvalue weighted by molar-refractivity contribution is 0.395. The lowest BCUT2D eigenvalue weighted by Crippen LogP contribution is -2.46. The number of unbranched alkanes of at least 4 members (excludes halogenated alkanes) is 1. The van der Waals surface area contributed by atoms with Gasteiger partial charge < -0.3 is 14.7 Å². The molecule has 0 saturated carbocycles. The van der Waals surface area contributed by atoms with Crippen LogP contribution in [-0.2, 0) is 0 Å². The van der Waals surface area contributed by atoms with Gasteiger partial charge in [0, 0.05) is 22.8 Å². The molecule has 0 saturated heterocycles. The van der Waals surface area contributed by atoms with Crippen LogP contribution in [0.1, 0.15) is 44.2 Å². The Hall–Kier alpha value is -2.77. The van der Waals surface area contributed by atoms with E-state index in [1.807, 2.05) is 31.2 Å². The predicted molar refractivity (Wildman–Crippen MR) is 124 cm³/mol. The summed E-state index contributed by atoms with van der Waals surface area (Å²) in [6.07, 6.45) is 2.06. The number of hydrogen-bond donors (Lipinski definition) is 1. The summed E-state index contributed by atoms with van der Waals surface area (Å²) in [7, 11) is 0. The lowest BCUT2D eigenvalue weighted by atomic mass is 9.94. The van der Waals surface area contributed by atoms with Gasteiger partial charge in [-0.2, -0.15) is 4.98 Å². The Kier molecular flexibility index (Phi) is 6.34. The van der Waals surface area contributed by atoms with Crippen LogP contribution in [0.4, 0.5) is 4.39 Å². The van der Waals surface area contributed by atoms with Gasteiger partial charge in [-0.1, -0.05) is 42.2 Å². The molecule has 1 aromatic heterocycles. The third kappa shape index (κ3) is 4.48. The summed E-state index contributed by atoms with van der Waals surface area (Å²) in [5, 5.41) is 8.87. The number of aromatic nitrogens is 2. The standard InChI is InChI=1S/C23H22ClFN4OS/c1-3-4-13-29-14(2)19(20(26-23(29)31)15-5-9-17(24)10-6-15)22-27-21(28-30-22)16-7-11-18(25)12-8-16/h5-12,20H,3-4,13H2,1-2H3,(H,26,31). The summed E-state index contributed by atoms with van der Waals surface area (Å²) in [6.45, 7) is 4.96. The molecular formula is C23H22ClFN4OS. The fourth-order valence-electron chi connectivity index (χ4n) is 3.60. The molecule has 1 aliphatic rings. The monoisotopic (exact) mass is 456 g/mol. The normalized spacial score (nSPS) is 16.6. The molecule has 1 atom stereocenters. The molecule has 8 heteroatoms. The van der Waals surface area contributed by atoms with Crippen molar-refractivity contribution in [2.45, 2.75) is 32.7 Å². The molecule has 5 nitrogen and oxygen atoms in total. The van der Waals surface area contributed by atoms with Crippen molar-refractivity contribution >= 4 is 34.5 Å². The highest BCUT2D eigenvalue weighted by Crippen LogP contribution is 2.37. The van der Waals surface area contributed by atoms with E-state index in [-0.39, 0.29) is 11.9 Å². The van der Waals surface area contributed by atoms with Crippen molar-refractivity contribution in [3.8, 4) is 11.4 Å². The minimum Gasteiger partial charge on any atom is -0.351 e. The van der Waals surface area contributed by atoms with Gasteiger partial charge >= 0.3 is 0 Å². The van der Waals surface area contributed by atoms with Crippen molar-refractivity contribution in [3.05, 3.63) is 76.5 Å². The van der Waals surface area contributed by atoms with E-state index in [0.717, 1.165) is 36.2 Å². The maximum Gasteiger partial charge on any atom is 0.258 e. The van der Waals surface area contributed by atoms with Crippen LogP contribution in [0.25, 0.3) is 17.0 Å². The summed E-state index contributed by atoms with van der Waals surface area (Å²) in [5.41, 5.74) is 3.48. The molecular weight excluding hydrogens is 435 g/mol. The van der Waals surface area contributed by atoms with Crippen molar-refractivity contribution in [1.82, 2.24) is 20.4 Å². The number of nitrogens with zero attached hydrogens (tertiary/aromatic N) is 3. The van der Waals surface area contributed by atoms with E-state index < -0.39 is 0 Å². The molecule has 2 heterocycles. The Morgan fingerprint density at radius 3 is 2.55 bits per heavy atom. The largest absolute Gasteiger partial charge is 0.351 e. The average molecular weight is 457 g/mol. The smallest absolute Gasteiger partial charge is 0.258 e. The first kappa shape index (κ1) is 21.5. The van der Waals surface area contributed by atoms with E-state index in [2.05, 4.69) is 27.3 Å². The molecule has 0 fully saturated rings. The first-order valence-electron chi connectivity index (χ1n) is 10.1. The molecule has 160 valence electrons. The Morgan fingerprint density at radius 1 is 1.16 bits per heavy atom. The molecule has 0 amide bonds. The Bertz CT molecular complexity index is 1110. The number of rotatable bonds is 6. The highest BCUT2D eigenvalue weighted by Gasteiger charge is 2.33. The second kappa shape index (κ2) is 9.16. The van der Waals surface area contributed by atoms with Gasteiger partial charge in [0.25, 0.3) is 5.89 Å². The Morgan fingerprint density at radius 2 is 1.87 bits per heavy atom. The van der Waals surface area contributed by atoms with E-state index in [0.29, 0.717) is 27.4 Å². The first-order valence-corrected chi connectivity index (χ1v) is 10.9. The van der Waals surface area contributed by atoms with Crippen molar-refractivity contribution in [1.29, 1.82) is 0 Å². The van der Waals surface area contributed by atoms with Gasteiger partial charge in [0.15, 0.2) is 5.11 Å². The molecule has 4 rings (SSSR count). The number of nitrogens with one attached hydrogen (secondary N) is 1. The van der Waals surface area contributed by atoms with Gasteiger partial charge in [-0.15, -0.1) is 0 Å². The maximum atomic E-state index is 13.3. The zero-order chi connectivity index (χ0) is 22.0. The van der Waals surface area contributed by atoms with Crippen molar-refractivity contribution in [2.24, 2.45) is 0 Å². The molecule has 1 aliphatic heterocycles. The highest BCUT2D eigenvalue weighted by molar-refractivity contribution is 7.80. The summed E-state index contributed by atoms with van der Waals surface area (Å²) in [6, 6.07) is 13.3. The van der Waals surface area contributed by atoms with Crippen LogP contribution in [0.15, 0.2) is 58.8 Å². The number of hydrogen-bond acceptors (Lipinski definition) is 4. The SMILES string of the molecule is CCCCN1C(=S)NC(c2ccc(Cl)cc2)C(c2nc(-c3ccc(F)cc3)no2)=C1C. The molecule has 0 radical (unpaired) electrons. The highest BCUT2D eigenvalue weighted by atomic mass is 35.5. The van der Waals surface area contributed by atoms with Gasteiger partial charge in [0.2, 0.25) is 5.82 Å². The summed E-state index contributed by atoms with van der Waals surface area (Å²) in [5.74, 6) is 0.483. The summed E-state index contributed by atoms with van der Waals surface area (Å²) in [4.78, 5) is 6.69. The predicted octanol–water partition coefficient (Wildman–Crippen LogP) is 5.99. The van der Waals surface area contributed by atoms with E-state index in [1.54, 1.807) is 12.1 Å². The molecule has 3 aromatic rings. The fraction of sp³-hybridized carbons (Fsp3) is 0.261. The molecule has 2 aromatic carbocycles. The number of halogens is 2. The van der Waals surface area contributed by atoms with Crippen LogP contribution in [0.2, 0.25) is 5.02 Å². The Labute approximate surface area is 190 Å². The number of thiocarbonyl (C=S) groups is 1. The third-order valence-electron chi connectivity index (χ3n) is 5.29. The van der Waals surface area contributed by atoms with Gasteiger partial charge in [-0.25, -0.2) is 4.39 Å². The van der Waals surface area contributed by atoms with E-state index in [4.69, 9.17) is 28.3 Å². The minimum atomic E-state index is -0.314. The number of benzene rings is 2. The van der Waals surface area contributed by atoms with Crippen LogP contribution in [-0.4, -0.2) is 26.7 Å². The Balaban J connectivity index is 1.78. The molecule has 1 N–H and O–H groups in total. The van der Waals surface area contributed by atoms with Crippen LogP contribution < -0.4 is 5.32 Å². The molecule has 0 bridgehead atoms.